The first-order valence-electron chi connectivity index (χ1n) is 9.59. The zero-order valence-corrected chi connectivity index (χ0v) is 18.2. The number of nitrogens with zero attached hydrogens (tertiary/aromatic N) is 2. The molecule has 0 fully saturated rings. The molecule has 0 saturated carbocycles. The van der Waals surface area contributed by atoms with E-state index in [4.69, 9.17) is 27.9 Å². The third-order valence-electron chi connectivity index (χ3n) is 4.77. The molecular weight excluding hydrogens is 426 g/mol. The maximum absolute atomic E-state index is 13.2. The van der Waals surface area contributed by atoms with Crippen LogP contribution < -0.4 is 0 Å². The van der Waals surface area contributed by atoms with Crippen LogP contribution in [-0.4, -0.2) is 35.6 Å². The minimum atomic E-state index is -0.263. The zero-order valence-electron chi connectivity index (χ0n) is 16.7. The molecule has 7 heteroatoms. The van der Waals surface area contributed by atoms with E-state index in [0.717, 1.165) is 11.3 Å². The SMILES string of the molecule is COCCCN(Cc1cccn1Cc1ccc(F)cc1)C(=O)c1ccc(Cl)cc1Cl. The Hall–Kier alpha value is -2.34. The molecule has 4 nitrogen and oxygen atoms in total. The standard InChI is InChI=1S/C23H23Cl2FN2O2/c1-30-13-3-12-28(23(29)21-10-7-18(24)14-22(21)25)16-20-4-2-11-27(20)15-17-5-8-19(26)9-6-17/h2,4-11,14H,3,12-13,15-16H2,1H3. The number of aromatic nitrogens is 1. The summed E-state index contributed by atoms with van der Waals surface area (Å²) in [6, 6.07) is 15.2. The second-order valence-corrected chi connectivity index (χ2v) is 7.79. The Morgan fingerprint density at radius 1 is 1.13 bits per heavy atom. The van der Waals surface area contributed by atoms with E-state index in [-0.39, 0.29) is 11.7 Å². The molecule has 0 atom stereocenters. The maximum atomic E-state index is 13.2. The molecule has 0 unspecified atom stereocenters. The fraction of sp³-hybridized carbons (Fsp3) is 0.261. The number of methoxy groups -OCH3 is 1. The lowest BCUT2D eigenvalue weighted by molar-refractivity contribution is 0.0720. The Kier molecular flexibility index (Phi) is 7.91. The maximum Gasteiger partial charge on any atom is 0.255 e. The van der Waals surface area contributed by atoms with Gasteiger partial charge in [0.05, 0.1) is 17.1 Å². The van der Waals surface area contributed by atoms with Crippen molar-refractivity contribution in [2.24, 2.45) is 0 Å². The van der Waals surface area contributed by atoms with E-state index in [1.165, 1.54) is 12.1 Å². The van der Waals surface area contributed by atoms with Crippen molar-refractivity contribution in [2.75, 3.05) is 20.3 Å². The molecule has 0 aliphatic carbocycles. The van der Waals surface area contributed by atoms with E-state index in [0.29, 0.717) is 48.3 Å². The topological polar surface area (TPSA) is 34.5 Å². The molecule has 158 valence electrons. The average Bonchev–Trinajstić information content (AvgIpc) is 3.15. The van der Waals surface area contributed by atoms with Crippen LogP contribution in [0, 0.1) is 5.82 Å². The van der Waals surface area contributed by atoms with Gasteiger partial charge in [0, 0.05) is 43.7 Å². The van der Waals surface area contributed by atoms with Gasteiger partial charge in [-0.05, 0) is 54.4 Å². The predicted octanol–water partition coefficient (Wildman–Crippen LogP) is 5.66. The molecule has 0 N–H and O–H groups in total. The van der Waals surface area contributed by atoms with Gasteiger partial charge in [-0.25, -0.2) is 4.39 Å². The van der Waals surface area contributed by atoms with Gasteiger partial charge in [-0.2, -0.15) is 0 Å². The average molecular weight is 449 g/mol. The quantitative estimate of drug-likeness (QED) is 0.395. The van der Waals surface area contributed by atoms with Gasteiger partial charge in [-0.15, -0.1) is 0 Å². The number of carbonyl (C=O) groups excluding carboxylic acids is 1. The fourth-order valence-corrected chi connectivity index (χ4v) is 3.70. The van der Waals surface area contributed by atoms with Crippen LogP contribution in [0.2, 0.25) is 10.0 Å². The molecule has 1 aromatic heterocycles. The van der Waals surface area contributed by atoms with Crippen molar-refractivity contribution >= 4 is 29.1 Å². The molecule has 1 heterocycles. The van der Waals surface area contributed by atoms with Gasteiger partial charge in [0.15, 0.2) is 0 Å². The van der Waals surface area contributed by atoms with Crippen LogP contribution in [0.5, 0.6) is 0 Å². The molecule has 1 amide bonds. The minimum Gasteiger partial charge on any atom is -0.385 e. The monoisotopic (exact) mass is 448 g/mol. The number of benzene rings is 2. The third kappa shape index (κ3) is 5.85. The smallest absolute Gasteiger partial charge is 0.255 e. The molecule has 3 rings (SSSR count). The highest BCUT2D eigenvalue weighted by Gasteiger charge is 2.20. The first kappa shape index (κ1) is 22.3. The number of amides is 1. The lowest BCUT2D eigenvalue weighted by Gasteiger charge is -2.24. The second-order valence-electron chi connectivity index (χ2n) is 6.95. The van der Waals surface area contributed by atoms with Crippen LogP contribution in [0.15, 0.2) is 60.8 Å². The van der Waals surface area contributed by atoms with Gasteiger partial charge in [-0.1, -0.05) is 35.3 Å². The molecule has 3 aromatic rings. The molecular formula is C23H23Cl2FN2O2. The van der Waals surface area contributed by atoms with Gasteiger partial charge in [0.2, 0.25) is 0 Å². The van der Waals surface area contributed by atoms with Crippen molar-refractivity contribution in [3.8, 4) is 0 Å². The third-order valence-corrected chi connectivity index (χ3v) is 5.32. The van der Waals surface area contributed by atoms with Crippen molar-refractivity contribution in [1.82, 2.24) is 9.47 Å². The molecule has 0 aliphatic heterocycles. The van der Waals surface area contributed by atoms with Gasteiger partial charge in [0.25, 0.3) is 5.91 Å². The van der Waals surface area contributed by atoms with Crippen LogP contribution >= 0.6 is 23.2 Å². The first-order chi connectivity index (χ1) is 14.5. The highest BCUT2D eigenvalue weighted by atomic mass is 35.5. The largest absolute Gasteiger partial charge is 0.385 e. The first-order valence-corrected chi connectivity index (χ1v) is 10.3. The number of carbonyl (C=O) groups is 1. The van der Waals surface area contributed by atoms with E-state index in [9.17, 15) is 9.18 Å². The summed E-state index contributed by atoms with van der Waals surface area (Å²) >= 11 is 12.2. The summed E-state index contributed by atoms with van der Waals surface area (Å²) in [5, 5.41) is 0.807. The van der Waals surface area contributed by atoms with Crippen molar-refractivity contribution < 1.29 is 13.9 Å². The van der Waals surface area contributed by atoms with Crippen molar-refractivity contribution in [1.29, 1.82) is 0 Å². The van der Waals surface area contributed by atoms with E-state index < -0.39 is 0 Å². The van der Waals surface area contributed by atoms with E-state index in [1.54, 1.807) is 42.3 Å². The van der Waals surface area contributed by atoms with Gasteiger partial charge in [0.1, 0.15) is 5.82 Å². The van der Waals surface area contributed by atoms with Gasteiger partial charge in [-0.3, -0.25) is 4.79 Å². The fourth-order valence-electron chi connectivity index (χ4n) is 3.21. The molecule has 0 spiro atoms. The highest BCUT2D eigenvalue weighted by molar-refractivity contribution is 6.36. The number of hydrogen-bond donors (Lipinski definition) is 0. The normalized spacial score (nSPS) is 10.9. The second kappa shape index (κ2) is 10.6. The van der Waals surface area contributed by atoms with Crippen molar-refractivity contribution in [3.63, 3.8) is 0 Å². The Bertz CT molecular complexity index is 989. The van der Waals surface area contributed by atoms with Crippen LogP contribution in [-0.2, 0) is 17.8 Å². The summed E-state index contributed by atoms with van der Waals surface area (Å²) in [6.45, 7) is 2.07. The number of ether oxygens (including phenoxy) is 1. The predicted molar refractivity (Wildman–Crippen MR) is 118 cm³/mol. The van der Waals surface area contributed by atoms with Crippen LogP contribution in [0.4, 0.5) is 4.39 Å². The summed E-state index contributed by atoms with van der Waals surface area (Å²) < 4.78 is 20.4. The number of rotatable bonds is 9. The van der Waals surface area contributed by atoms with E-state index in [2.05, 4.69) is 0 Å². The summed E-state index contributed by atoms with van der Waals surface area (Å²) in [6.07, 6.45) is 2.65. The van der Waals surface area contributed by atoms with E-state index in [1.807, 2.05) is 22.9 Å². The Morgan fingerprint density at radius 2 is 1.90 bits per heavy atom. The molecule has 0 radical (unpaired) electrons. The lowest BCUT2D eigenvalue weighted by Crippen LogP contribution is -2.33. The van der Waals surface area contributed by atoms with E-state index >= 15 is 0 Å². The van der Waals surface area contributed by atoms with Crippen LogP contribution in [0.3, 0.4) is 0 Å². The van der Waals surface area contributed by atoms with Crippen LogP contribution in [0.25, 0.3) is 0 Å². The number of hydrogen-bond acceptors (Lipinski definition) is 2. The highest BCUT2D eigenvalue weighted by Crippen LogP contribution is 2.23. The van der Waals surface area contributed by atoms with Gasteiger partial charge < -0.3 is 14.2 Å². The Morgan fingerprint density at radius 3 is 2.60 bits per heavy atom. The molecule has 0 bridgehead atoms. The Labute approximate surface area is 185 Å². The summed E-state index contributed by atoms with van der Waals surface area (Å²) in [4.78, 5) is 15.0. The van der Waals surface area contributed by atoms with Gasteiger partial charge >= 0.3 is 0 Å². The molecule has 2 aromatic carbocycles. The summed E-state index contributed by atoms with van der Waals surface area (Å²) in [5.41, 5.74) is 2.36. The molecule has 0 saturated heterocycles. The van der Waals surface area contributed by atoms with Crippen molar-refractivity contribution in [2.45, 2.75) is 19.5 Å². The van der Waals surface area contributed by atoms with Crippen LogP contribution in [0.1, 0.15) is 28.0 Å². The Balaban J connectivity index is 1.80. The molecule has 30 heavy (non-hydrogen) atoms. The minimum absolute atomic E-state index is 0.165. The molecule has 0 aliphatic rings. The number of halogens is 3. The lowest BCUT2D eigenvalue weighted by atomic mass is 10.1. The summed E-state index contributed by atoms with van der Waals surface area (Å²) in [5.74, 6) is -0.427. The summed E-state index contributed by atoms with van der Waals surface area (Å²) in [7, 11) is 1.63. The zero-order chi connectivity index (χ0) is 21.5. The van der Waals surface area contributed by atoms with Crippen molar-refractivity contribution in [3.05, 3.63) is 93.5 Å².